The summed E-state index contributed by atoms with van der Waals surface area (Å²) in [7, 11) is 1.99. The van der Waals surface area contributed by atoms with Crippen molar-refractivity contribution < 1.29 is 0 Å². The van der Waals surface area contributed by atoms with Crippen LogP contribution in [-0.2, 0) is 6.54 Å². The minimum absolute atomic E-state index is 0.656. The van der Waals surface area contributed by atoms with Crippen LogP contribution in [0.2, 0.25) is 0 Å². The van der Waals surface area contributed by atoms with Crippen molar-refractivity contribution in [1.29, 1.82) is 0 Å². The Morgan fingerprint density at radius 3 is 3.00 bits per heavy atom. The van der Waals surface area contributed by atoms with Crippen molar-refractivity contribution in [3.8, 4) is 0 Å². The first-order valence-electron chi connectivity index (χ1n) is 6.00. The van der Waals surface area contributed by atoms with Crippen LogP contribution in [0.25, 0.3) is 0 Å². The molecular weight excluding hydrogens is 186 g/mol. The van der Waals surface area contributed by atoms with E-state index in [1.807, 2.05) is 19.6 Å². The summed E-state index contributed by atoms with van der Waals surface area (Å²) < 4.78 is 2.36. The first kappa shape index (κ1) is 10.7. The van der Waals surface area contributed by atoms with Crippen molar-refractivity contribution >= 4 is 0 Å². The van der Waals surface area contributed by atoms with E-state index in [1.165, 1.54) is 31.4 Å². The Morgan fingerprint density at radius 2 is 2.40 bits per heavy atom. The zero-order valence-corrected chi connectivity index (χ0v) is 9.74. The molecule has 1 aromatic heterocycles. The van der Waals surface area contributed by atoms with E-state index >= 15 is 0 Å². The molecule has 2 rings (SSSR count). The highest BCUT2D eigenvalue weighted by Crippen LogP contribution is 2.38. The van der Waals surface area contributed by atoms with E-state index in [4.69, 9.17) is 0 Å². The van der Waals surface area contributed by atoms with E-state index in [-0.39, 0.29) is 0 Å². The van der Waals surface area contributed by atoms with Gasteiger partial charge in [-0.3, -0.25) is 0 Å². The molecule has 1 fully saturated rings. The van der Waals surface area contributed by atoms with E-state index in [0.717, 1.165) is 12.5 Å². The molecule has 1 aromatic rings. The highest BCUT2D eigenvalue weighted by molar-refractivity contribution is 5.00. The van der Waals surface area contributed by atoms with Gasteiger partial charge in [-0.15, -0.1) is 0 Å². The minimum atomic E-state index is 0.656. The van der Waals surface area contributed by atoms with Gasteiger partial charge >= 0.3 is 0 Å². The third kappa shape index (κ3) is 2.59. The SMILES string of the molecule is CCC(CC1CC1)n1cncc1CNC. The maximum absolute atomic E-state index is 4.26. The second-order valence-corrected chi connectivity index (χ2v) is 4.56. The lowest BCUT2D eigenvalue weighted by Gasteiger charge is -2.19. The van der Waals surface area contributed by atoms with E-state index in [9.17, 15) is 0 Å². The molecule has 3 heteroatoms. The Labute approximate surface area is 91.9 Å². The highest BCUT2D eigenvalue weighted by Gasteiger charge is 2.26. The highest BCUT2D eigenvalue weighted by atomic mass is 15.1. The van der Waals surface area contributed by atoms with Crippen LogP contribution in [0.3, 0.4) is 0 Å². The molecule has 0 saturated heterocycles. The fourth-order valence-electron chi connectivity index (χ4n) is 2.19. The molecule has 0 aromatic carbocycles. The van der Waals surface area contributed by atoms with Gasteiger partial charge in [0, 0.05) is 18.8 Å². The Kier molecular flexibility index (Phi) is 3.41. The van der Waals surface area contributed by atoms with Gasteiger partial charge in [-0.05, 0) is 25.8 Å². The number of nitrogens with zero attached hydrogens (tertiary/aromatic N) is 2. The van der Waals surface area contributed by atoms with Crippen molar-refractivity contribution in [2.24, 2.45) is 5.92 Å². The smallest absolute Gasteiger partial charge is 0.0951 e. The summed E-state index contributed by atoms with van der Waals surface area (Å²) in [5.41, 5.74) is 1.31. The molecule has 0 amide bonds. The molecule has 1 N–H and O–H groups in total. The van der Waals surface area contributed by atoms with Crippen molar-refractivity contribution in [1.82, 2.24) is 14.9 Å². The second-order valence-electron chi connectivity index (χ2n) is 4.56. The van der Waals surface area contributed by atoms with Crippen LogP contribution >= 0.6 is 0 Å². The number of hydrogen-bond acceptors (Lipinski definition) is 2. The zero-order valence-electron chi connectivity index (χ0n) is 9.74. The predicted octanol–water partition coefficient (Wildman–Crippen LogP) is 2.35. The zero-order chi connectivity index (χ0) is 10.7. The molecular formula is C12H21N3. The van der Waals surface area contributed by atoms with Gasteiger partial charge in [0.05, 0.1) is 12.0 Å². The first-order valence-corrected chi connectivity index (χ1v) is 6.00. The van der Waals surface area contributed by atoms with Crippen LogP contribution in [-0.4, -0.2) is 16.6 Å². The van der Waals surface area contributed by atoms with E-state index in [0.29, 0.717) is 6.04 Å². The normalized spacial score (nSPS) is 18.0. The standard InChI is InChI=1S/C12H21N3/c1-3-11(6-10-4-5-10)15-9-14-8-12(15)7-13-2/h8-11,13H,3-7H2,1-2H3. The van der Waals surface area contributed by atoms with Crippen LogP contribution in [0.4, 0.5) is 0 Å². The largest absolute Gasteiger partial charge is 0.330 e. The fraction of sp³-hybridized carbons (Fsp3) is 0.750. The van der Waals surface area contributed by atoms with E-state index < -0.39 is 0 Å². The average molecular weight is 207 g/mol. The molecule has 84 valence electrons. The molecule has 0 spiro atoms. The summed E-state index contributed by atoms with van der Waals surface area (Å²) in [6.45, 7) is 3.19. The Hall–Kier alpha value is -0.830. The fourth-order valence-corrected chi connectivity index (χ4v) is 2.19. The molecule has 1 heterocycles. The van der Waals surface area contributed by atoms with E-state index in [1.54, 1.807) is 0 Å². The predicted molar refractivity (Wildman–Crippen MR) is 61.7 cm³/mol. The topological polar surface area (TPSA) is 29.9 Å². The molecule has 3 nitrogen and oxygen atoms in total. The van der Waals surface area contributed by atoms with Gasteiger partial charge in [0.25, 0.3) is 0 Å². The lowest BCUT2D eigenvalue weighted by Crippen LogP contribution is -2.15. The summed E-state index contributed by atoms with van der Waals surface area (Å²) in [5.74, 6) is 0.986. The Bertz CT molecular complexity index is 302. The van der Waals surface area contributed by atoms with Gasteiger partial charge in [-0.25, -0.2) is 4.98 Å². The molecule has 1 aliphatic rings. The quantitative estimate of drug-likeness (QED) is 0.776. The van der Waals surface area contributed by atoms with Crippen molar-refractivity contribution in [2.75, 3.05) is 7.05 Å². The summed E-state index contributed by atoms with van der Waals surface area (Å²) in [6.07, 6.45) is 9.39. The summed E-state index contributed by atoms with van der Waals surface area (Å²) in [6, 6.07) is 0.656. The molecule has 0 aliphatic heterocycles. The van der Waals surface area contributed by atoms with Crippen LogP contribution in [0.15, 0.2) is 12.5 Å². The number of imidazole rings is 1. The Morgan fingerprint density at radius 1 is 1.60 bits per heavy atom. The molecule has 1 unspecified atom stereocenters. The monoisotopic (exact) mass is 207 g/mol. The molecule has 1 saturated carbocycles. The van der Waals surface area contributed by atoms with Crippen molar-refractivity contribution in [3.63, 3.8) is 0 Å². The third-order valence-corrected chi connectivity index (χ3v) is 3.27. The Balaban J connectivity index is 2.05. The number of nitrogens with one attached hydrogen (secondary N) is 1. The van der Waals surface area contributed by atoms with Crippen molar-refractivity contribution in [2.45, 2.75) is 45.2 Å². The third-order valence-electron chi connectivity index (χ3n) is 3.27. The van der Waals surface area contributed by atoms with Gasteiger partial charge in [-0.1, -0.05) is 19.8 Å². The number of aromatic nitrogens is 2. The summed E-state index contributed by atoms with van der Waals surface area (Å²) in [4.78, 5) is 4.26. The molecule has 1 aliphatic carbocycles. The number of rotatable bonds is 6. The maximum Gasteiger partial charge on any atom is 0.0951 e. The van der Waals surface area contributed by atoms with Crippen LogP contribution < -0.4 is 5.32 Å². The van der Waals surface area contributed by atoms with Gasteiger partial charge in [-0.2, -0.15) is 0 Å². The second kappa shape index (κ2) is 4.79. The minimum Gasteiger partial charge on any atom is -0.330 e. The lowest BCUT2D eigenvalue weighted by molar-refractivity contribution is 0.415. The van der Waals surface area contributed by atoms with Gasteiger partial charge in [0.1, 0.15) is 0 Å². The van der Waals surface area contributed by atoms with Gasteiger partial charge in [0.2, 0.25) is 0 Å². The van der Waals surface area contributed by atoms with Gasteiger partial charge < -0.3 is 9.88 Å². The molecule has 1 atom stereocenters. The van der Waals surface area contributed by atoms with E-state index in [2.05, 4.69) is 21.8 Å². The summed E-state index contributed by atoms with van der Waals surface area (Å²) in [5, 5.41) is 3.20. The maximum atomic E-state index is 4.26. The molecule has 0 bridgehead atoms. The average Bonchev–Trinajstić information content (AvgIpc) is 2.95. The van der Waals surface area contributed by atoms with Crippen LogP contribution in [0.5, 0.6) is 0 Å². The van der Waals surface area contributed by atoms with Crippen LogP contribution in [0, 0.1) is 5.92 Å². The van der Waals surface area contributed by atoms with Gasteiger partial charge in [0.15, 0.2) is 0 Å². The molecule has 0 radical (unpaired) electrons. The first-order chi connectivity index (χ1) is 7.35. The van der Waals surface area contributed by atoms with Crippen molar-refractivity contribution in [3.05, 3.63) is 18.2 Å². The number of hydrogen-bond donors (Lipinski definition) is 1. The molecule has 15 heavy (non-hydrogen) atoms. The summed E-state index contributed by atoms with van der Waals surface area (Å²) >= 11 is 0. The lowest BCUT2D eigenvalue weighted by atomic mass is 10.1. The van der Waals surface area contributed by atoms with Crippen LogP contribution in [0.1, 0.15) is 44.3 Å².